The maximum atomic E-state index is 13.3. The number of nitrogens with one attached hydrogen (secondary N) is 1. The highest BCUT2D eigenvalue weighted by Gasteiger charge is 2.75. The van der Waals surface area contributed by atoms with Crippen molar-refractivity contribution in [1.82, 2.24) is 0 Å². The van der Waals surface area contributed by atoms with Gasteiger partial charge in [0.2, 0.25) is 15.9 Å². The second-order valence-corrected chi connectivity index (χ2v) is 9.37. The van der Waals surface area contributed by atoms with Crippen molar-refractivity contribution in [1.29, 1.82) is 0 Å². The Morgan fingerprint density at radius 2 is 1.78 bits per heavy atom. The number of hydrogen-bond acceptors (Lipinski definition) is 4. The van der Waals surface area contributed by atoms with Gasteiger partial charge in [-0.05, 0) is 55.7 Å². The molecule has 1 aliphatic carbocycles. The van der Waals surface area contributed by atoms with Crippen LogP contribution in [0.15, 0.2) is 42.5 Å². The molecule has 7 heteroatoms. The van der Waals surface area contributed by atoms with Crippen LogP contribution < -0.4 is 14.4 Å². The van der Waals surface area contributed by atoms with Crippen molar-refractivity contribution in [2.75, 3.05) is 23.3 Å². The van der Waals surface area contributed by atoms with Crippen molar-refractivity contribution < 1.29 is 17.9 Å². The Bertz CT molecular complexity index is 997. The van der Waals surface area contributed by atoms with Crippen LogP contribution in [-0.4, -0.2) is 32.7 Å². The summed E-state index contributed by atoms with van der Waals surface area (Å²) in [6.07, 6.45) is 0.374. The number of amides is 1. The Morgan fingerprint density at radius 1 is 1.15 bits per heavy atom. The van der Waals surface area contributed by atoms with E-state index in [1.54, 1.807) is 31.4 Å². The molecular weight excluding hydrogens is 364 g/mol. The summed E-state index contributed by atoms with van der Waals surface area (Å²) in [5, 5.41) is 2.77. The molecule has 0 radical (unpaired) electrons. The van der Waals surface area contributed by atoms with Crippen LogP contribution in [0.2, 0.25) is 0 Å². The molecule has 0 bridgehead atoms. The van der Waals surface area contributed by atoms with E-state index in [1.807, 2.05) is 32.0 Å². The van der Waals surface area contributed by atoms with Crippen LogP contribution in [0.3, 0.4) is 0 Å². The van der Waals surface area contributed by atoms with Crippen LogP contribution in [0.25, 0.3) is 0 Å². The zero-order valence-corrected chi connectivity index (χ0v) is 16.3. The maximum absolute atomic E-state index is 13.3. The van der Waals surface area contributed by atoms with Gasteiger partial charge in [-0.2, -0.15) is 0 Å². The summed E-state index contributed by atoms with van der Waals surface area (Å²) in [6.45, 7) is 4.14. The predicted molar refractivity (Wildman–Crippen MR) is 105 cm³/mol. The van der Waals surface area contributed by atoms with Gasteiger partial charge in [0.25, 0.3) is 0 Å². The molecule has 142 valence electrons. The summed E-state index contributed by atoms with van der Waals surface area (Å²) in [4.78, 5) is 12.9. The van der Waals surface area contributed by atoms with E-state index in [0.717, 1.165) is 11.1 Å². The number of para-hydroxylation sites is 1. The first kappa shape index (κ1) is 17.9. The first-order chi connectivity index (χ1) is 12.8. The average molecular weight is 386 g/mol. The van der Waals surface area contributed by atoms with Crippen LogP contribution in [-0.2, 0) is 14.8 Å². The predicted octanol–water partition coefficient (Wildman–Crippen LogP) is 2.86. The summed E-state index contributed by atoms with van der Waals surface area (Å²) in [7, 11) is -2.22. The van der Waals surface area contributed by atoms with E-state index >= 15 is 0 Å². The highest BCUT2D eigenvalue weighted by Crippen LogP contribution is 2.59. The molecule has 2 fully saturated rings. The fraction of sp³-hybridized carbons (Fsp3) is 0.350. The van der Waals surface area contributed by atoms with Gasteiger partial charge in [-0.1, -0.05) is 18.2 Å². The molecular formula is C20H22N2O4S. The lowest BCUT2D eigenvalue weighted by molar-refractivity contribution is -0.116. The Kier molecular flexibility index (Phi) is 3.96. The van der Waals surface area contributed by atoms with Gasteiger partial charge in [0.1, 0.15) is 5.75 Å². The summed E-state index contributed by atoms with van der Waals surface area (Å²) in [6, 6.07) is 12.6. The lowest BCUT2D eigenvalue weighted by Crippen LogP contribution is -2.42. The minimum Gasteiger partial charge on any atom is -0.497 e. The third-order valence-electron chi connectivity index (χ3n) is 5.61. The minimum atomic E-state index is -3.79. The number of carbonyl (C=O) groups excluding carboxylic acids is 1. The highest BCUT2D eigenvalue weighted by molar-refractivity contribution is 7.95. The third kappa shape index (κ3) is 2.52. The lowest BCUT2D eigenvalue weighted by Gasteiger charge is -2.26. The van der Waals surface area contributed by atoms with Crippen molar-refractivity contribution in [3.05, 3.63) is 53.6 Å². The van der Waals surface area contributed by atoms with E-state index in [0.29, 0.717) is 30.1 Å². The standard InChI is InChI=1S/C20H22N2O4S/c1-13-5-4-6-14(2)18(13)22-12-15-11-20(15,27(22,24)25)19(23)21-16-7-9-17(26-3)10-8-16/h4-10,15H,11-12H2,1-3H3,(H,21,23)/t15-,20-/m0/s1. The molecule has 4 rings (SSSR count). The smallest absolute Gasteiger partial charge is 0.250 e. The number of anilines is 2. The van der Waals surface area contributed by atoms with Crippen molar-refractivity contribution in [3.8, 4) is 5.75 Å². The van der Waals surface area contributed by atoms with E-state index in [1.165, 1.54) is 4.31 Å². The van der Waals surface area contributed by atoms with Gasteiger partial charge in [0.15, 0.2) is 4.75 Å². The van der Waals surface area contributed by atoms with Crippen LogP contribution in [0, 0.1) is 19.8 Å². The molecule has 2 aromatic carbocycles. The second-order valence-electron chi connectivity index (χ2n) is 7.25. The zero-order valence-electron chi connectivity index (χ0n) is 15.5. The van der Waals surface area contributed by atoms with Crippen molar-refractivity contribution >= 4 is 27.3 Å². The van der Waals surface area contributed by atoms with E-state index < -0.39 is 20.7 Å². The molecule has 0 unspecified atom stereocenters. The van der Waals surface area contributed by atoms with E-state index in [9.17, 15) is 13.2 Å². The number of benzene rings is 2. The molecule has 0 spiro atoms. The minimum absolute atomic E-state index is 0.181. The number of methoxy groups -OCH3 is 1. The van der Waals surface area contributed by atoms with Crippen LogP contribution in [0.5, 0.6) is 5.75 Å². The van der Waals surface area contributed by atoms with Crippen LogP contribution in [0.1, 0.15) is 17.5 Å². The first-order valence-electron chi connectivity index (χ1n) is 8.85. The number of carbonyl (C=O) groups is 1. The lowest BCUT2D eigenvalue weighted by atomic mass is 10.1. The monoisotopic (exact) mass is 386 g/mol. The van der Waals surface area contributed by atoms with Crippen molar-refractivity contribution in [3.63, 3.8) is 0 Å². The molecule has 2 aromatic rings. The van der Waals surface area contributed by atoms with Crippen molar-refractivity contribution in [2.24, 2.45) is 5.92 Å². The summed E-state index contributed by atoms with van der Waals surface area (Å²) >= 11 is 0. The molecule has 1 saturated heterocycles. The molecule has 1 amide bonds. The Labute approximate surface area is 159 Å². The summed E-state index contributed by atoms with van der Waals surface area (Å²) in [5.41, 5.74) is 3.04. The molecule has 27 heavy (non-hydrogen) atoms. The second kappa shape index (κ2) is 5.99. The number of nitrogens with zero attached hydrogens (tertiary/aromatic N) is 1. The maximum Gasteiger partial charge on any atom is 0.250 e. The number of hydrogen-bond donors (Lipinski definition) is 1. The molecule has 0 aromatic heterocycles. The fourth-order valence-electron chi connectivity index (χ4n) is 4.05. The van der Waals surface area contributed by atoms with Crippen LogP contribution >= 0.6 is 0 Å². The number of fused-ring (bicyclic) bond motifs is 1. The summed E-state index contributed by atoms with van der Waals surface area (Å²) in [5.74, 6) is 0.0383. The first-order valence-corrected chi connectivity index (χ1v) is 10.3. The van der Waals surface area contributed by atoms with Gasteiger partial charge in [0, 0.05) is 18.2 Å². The average Bonchev–Trinajstić information content (AvgIpc) is 3.32. The molecule has 1 N–H and O–H groups in total. The van der Waals surface area contributed by atoms with E-state index in [4.69, 9.17) is 4.74 Å². The molecule has 6 nitrogen and oxygen atoms in total. The Morgan fingerprint density at radius 3 is 2.37 bits per heavy atom. The summed E-state index contributed by atoms with van der Waals surface area (Å²) < 4.78 is 31.9. The van der Waals surface area contributed by atoms with Gasteiger partial charge in [-0.25, -0.2) is 8.42 Å². The number of rotatable bonds is 4. The normalized spacial score (nSPS) is 25.0. The van der Waals surface area contributed by atoms with Gasteiger partial charge in [0.05, 0.1) is 12.8 Å². The molecule has 1 saturated carbocycles. The SMILES string of the molecule is COc1ccc(NC(=O)[C@]23C[C@H]2CN(c2c(C)cccc2C)S3(=O)=O)cc1. The van der Waals surface area contributed by atoms with Crippen molar-refractivity contribution in [2.45, 2.75) is 25.0 Å². The fourth-order valence-corrected chi connectivity index (χ4v) is 6.54. The molecule has 1 aliphatic heterocycles. The number of aryl methyl sites for hydroxylation is 2. The molecule has 2 aliphatic rings. The Hall–Kier alpha value is -2.54. The quantitative estimate of drug-likeness (QED) is 0.877. The Balaban J connectivity index is 1.63. The zero-order chi connectivity index (χ0) is 19.4. The molecule has 1 heterocycles. The van der Waals surface area contributed by atoms with E-state index in [2.05, 4.69) is 5.32 Å². The van der Waals surface area contributed by atoms with E-state index in [-0.39, 0.29) is 5.92 Å². The van der Waals surface area contributed by atoms with Crippen LogP contribution in [0.4, 0.5) is 11.4 Å². The topological polar surface area (TPSA) is 75.7 Å². The van der Waals surface area contributed by atoms with Gasteiger partial charge in [-0.15, -0.1) is 0 Å². The van der Waals surface area contributed by atoms with Gasteiger partial charge < -0.3 is 10.1 Å². The number of ether oxygens (including phenoxy) is 1. The largest absolute Gasteiger partial charge is 0.497 e. The molecule has 2 atom stereocenters. The van der Waals surface area contributed by atoms with Gasteiger partial charge in [-0.3, -0.25) is 9.10 Å². The third-order valence-corrected chi connectivity index (χ3v) is 8.12. The van der Waals surface area contributed by atoms with Gasteiger partial charge >= 0.3 is 0 Å². The number of sulfonamides is 1. The highest BCUT2D eigenvalue weighted by atomic mass is 32.2.